The van der Waals surface area contributed by atoms with Crippen LogP contribution < -0.4 is 0 Å². The van der Waals surface area contributed by atoms with Gasteiger partial charge in [0.1, 0.15) is 11.4 Å². The van der Waals surface area contributed by atoms with Crippen molar-refractivity contribution in [1.29, 1.82) is 0 Å². The van der Waals surface area contributed by atoms with Crippen LogP contribution in [0.5, 0.6) is 5.75 Å². The number of aliphatic imine (C=N–C) groups is 1. The Morgan fingerprint density at radius 1 is 1.47 bits per heavy atom. The minimum absolute atomic E-state index is 0.128. The minimum Gasteiger partial charge on any atom is -0.508 e. The van der Waals surface area contributed by atoms with Gasteiger partial charge in [0.15, 0.2) is 0 Å². The molecule has 0 aliphatic carbocycles. The molecule has 0 saturated carbocycles. The number of hydrogen-bond acceptors (Lipinski definition) is 4. The third-order valence-electron chi connectivity index (χ3n) is 1.76. The second-order valence-electron chi connectivity index (χ2n) is 2.77. The summed E-state index contributed by atoms with van der Waals surface area (Å²) in [6, 6.07) is 6.35. The van der Waals surface area contributed by atoms with Gasteiger partial charge in [0.05, 0.1) is 7.11 Å². The molecule has 78 valence electrons. The van der Waals surface area contributed by atoms with Crippen molar-refractivity contribution >= 4 is 18.8 Å². The van der Waals surface area contributed by atoms with E-state index in [-0.39, 0.29) is 11.4 Å². The quantitative estimate of drug-likeness (QED) is 0.463. The van der Waals surface area contributed by atoms with Gasteiger partial charge in [-0.25, -0.2) is 4.79 Å². The maximum Gasteiger partial charge on any atom is 0.356 e. The molecular formula is C11H11NO3. The zero-order valence-corrected chi connectivity index (χ0v) is 8.30. The van der Waals surface area contributed by atoms with Gasteiger partial charge in [-0.05, 0) is 30.5 Å². The summed E-state index contributed by atoms with van der Waals surface area (Å²) < 4.78 is 4.51. The van der Waals surface area contributed by atoms with E-state index in [4.69, 9.17) is 5.11 Å². The Labute approximate surface area is 87.5 Å². The van der Waals surface area contributed by atoms with E-state index in [1.165, 1.54) is 25.3 Å². The number of aromatic hydroxyl groups is 1. The predicted octanol–water partition coefficient (Wildman–Crippen LogP) is 1.61. The van der Waals surface area contributed by atoms with Crippen LogP contribution in [-0.2, 0) is 9.53 Å². The van der Waals surface area contributed by atoms with E-state index in [0.29, 0.717) is 0 Å². The van der Waals surface area contributed by atoms with E-state index in [2.05, 4.69) is 16.4 Å². The molecule has 1 aromatic carbocycles. The monoisotopic (exact) mass is 205 g/mol. The Hall–Kier alpha value is -2.10. The van der Waals surface area contributed by atoms with Crippen LogP contribution >= 0.6 is 0 Å². The molecule has 0 heterocycles. The fraction of sp³-hybridized carbons (Fsp3) is 0.0909. The summed E-state index contributed by atoms with van der Waals surface area (Å²) in [7, 11) is 1.28. The third-order valence-corrected chi connectivity index (χ3v) is 1.76. The van der Waals surface area contributed by atoms with E-state index in [9.17, 15) is 4.79 Å². The van der Waals surface area contributed by atoms with E-state index in [1.54, 1.807) is 12.1 Å². The highest BCUT2D eigenvalue weighted by Crippen LogP contribution is 2.13. The molecular weight excluding hydrogens is 194 g/mol. The number of nitrogens with zero attached hydrogens (tertiary/aromatic N) is 1. The number of ether oxygens (including phenoxy) is 1. The summed E-state index contributed by atoms with van der Waals surface area (Å²) >= 11 is 0. The van der Waals surface area contributed by atoms with Crippen LogP contribution in [0.3, 0.4) is 0 Å². The normalized spacial score (nSPS) is 10.9. The van der Waals surface area contributed by atoms with Crippen molar-refractivity contribution in [2.24, 2.45) is 4.99 Å². The van der Waals surface area contributed by atoms with E-state index >= 15 is 0 Å². The van der Waals surface area contributed by atoms with Crippen LogP contribution in [0.1, 0.15) is 5.56 Å². The van der Waals surface area contributed by atoms with Gasteiger partial charge in [-0.15, -0.1) is 0 Å². The molecule has 0 atom stereocenters. The molecule has 0 saturated heterocycles. The minimum atomic E-state index is -0.543. The Bertz CT molecular complexity index is 393. The average Bonchev–Trinajstić information content (AvgIpc) is 2.27. The maximum absolute atomic E-state index is 11.1. The molecule has 0 radical (unpaired) electrons. The summed E-state index contributed by atoms with van der Waals surface area (Å²) in [6.45, 7) is 3.28. The lowest BCUT2D eigenvalue weighted by atomic mass is 10.2. The highest BCUT2D eigenvalue weighted by atomic mass is 16.5. The van der Waals surface area contributed by atoms with Crippen LogP contribution in [0, 0.1) is 0 Å². The van der Waals surface area contributed by atoms with Crippen molar-refractivity contribution in [3.05, 3.63) is 35.5 Å². The second kappa shape index (κ2) is 4.95. The smallest absolute Gasteiger partial charge is 0.356 e. The molecule has 4 nitrogen and oxygen atoms in total. The van der Waals surface area contributed by atoms with Crippen LogP contribution in [0.15, 0.2) is 35.0 Å². The highest BCUT2D eigenvalue weighted by molar-refractivity contribution is 5.93. The maximum atomic E-state index is 11.1. The number of hydrogen-bond donors (Lipinski definition) is 1. The van der Waals surface area contributed by atoms with Crippen LogP contribution in [0.2, 0.25) is 0 Å². The number of phenols is 1. The zero-order valence-electron chi connectivity index (χ0n) is 8.30. The zero-order chi connectivity index (χ0) is 11.3. The molecule has 0 bridgehead atoms. The van der Waals surface area contributed by atoms with Crippen molar-refractivity contribution in [3.63, 3.8) is 0 Å². The number of methoxy groups -OCH3 is 1. The number of carbonyl (C=O) groups excluding carboxylic acids is 1. The molecule has 1 aromatic rings. The van der Waals surface area contributed by atoms with Gasteiger partial charge in [0.2, 0.25) is 0 Å². The summed E-state index contributed by atoms with van der Waals surface area (Å²) in [4.78, 5) is 14.7. The van der Waals surface area contributed by atoms with E-state index in [0.717, 1.165) is 5.56 Å². The Kier molecular flexibility index (Phi) is 3.62. The van der Waals surface area contributed by atoms with Gasteiger partial charge in [-0.1, -0.05) is 12.1 Å². The second-order valence-corrected chi connectivity index (χ2v) is 2.77. The van der Waals surface area contributed by atoms with E-state index in [1.807, 2.05) is 0 Å². The van der Waals surface area contributed by atoms with Crippen LogP contribution in [0.4, 0.5) is 0 Å². The van der Waals surface area contributed by atoms with Crippen molar-refractivity contribution < 1.29 is 14.6 Å². The lowest BCUT2D eigenvalue weighted by Gasteiger charge is -1.99. The van der Waals surface area contributed by atoms with Gasteiger partial charge in [-0.3, -0.25) is 4.99 Å². The number of benzene rings is 1. The molecule has 0 unspecified atom stereocenters. The van der Waals surface area contributed by atoms with Gasteiger partial charge < -0.3 is 9.84 Å². The molecule has 15 heavy (non-hydrogen) atoms. The van der Waals surface area contributed by atoms with Gasteiger partial charge in [0, 0.05) is 0 Å². The van der Waals surface area contributed by atoms with Crippen molar-refractivity contribution in [2.75, 3.05) is 7.11 Å². The molecule has 4 heteroatoms. The molecule has 0 fully saturated rings. The van der Waals surface area contributed by atoms with Crippen LogP contribution in [-0.4, -0.2) is 24.9 Å². The molecule has 0 amide bonds. The first-order valence-corrected chi connectivity index (χ1v) is 4.23. The summed E-state index contributed by atoms with van der Waals surface area (Å²) in [6.07, 6.45) is 1.53. The fourth-order valence-corrected chi connectivity index (χ4v) is 1.00. The predicted molar refractivity (Wildman–Crippen MR) is 57.6 cm³/mol. The highest BCUT2D eigenvalue weighted by Gasteiger charge is 2.06. The first-order valence-electron chi connectivity index (χ1n) is 4.23. The molecule has 1 N–H and O–H groups in total. The fourth-order valence-electron chi connectivity index (χ4n) is 1.00. The molecule has 0 aromatic heterocycles. The Morgan fingerprint density at radius 3 is 2.53 bits per heavy atom. The Morgan fingerprint density at radius 2 is 2.07 bits per heavy atom. The number of rotatable bonds is 3. The standard InChI is InChI=1S/C11H11NO3/c1-12-10(11(14)15-2)7-8-3-5-9(13)6-4-8/h3-7,13H,1H2,2H3. The van der Waals surface area contributed by atoms with Gasteiger partial charge in [0.25, 0.3) is 0 Å². The summed E-state index contributed by atoms with van der Waals surface area (Å²) in [5.41, 5.74) is 0.865. The average molecular weight is 205 g/mol. The first kappa shape index (κ1) is 11.0. The number of esters is 1. The SMILES string of the molecule is C=NC(=Cc1ccc(O)cc1)C(=O)OC. The molecule has 0 aliphatic rings. The van der Waals surface area contributed by atoms with Crippen molar-refractivity contribution in [2.45, 2.75) is 0 Å². The van der Waals surface area contributed by atoms with Gasteiger partial charge >= 0.3 is 5.97 Å². The first-order chi connectivity index (χ1) is 7.17. The van der Waals surface area contributed by atoms with E-state index < -0.39 is 5.97 Å². The topological polar surface area (TPSA) is 58.9 Å². The number of carbonyl (C=O) groups is 1. The van der Waals surface area contributed by atoms with Crippen LogP contribution in [0.25, 0.3) is 6.08 Å². The summed E-state index contributed by atoms with van der Waals surface area (Å²) in [5.74, 6) is -0.378. The molecule has 1 rings (SSSR count). The van der Waals surface area contributed by atoms with Crippen molar-refractivity contribution in [1.82, 2.24) is 0 Å². The van der Waals surface area contributed by atoms with Gasteiger partial charge in [-0.2, -0.15) is 0 Å². The van der Waals surface area contributed by atoms with Crippen molar-refractivity contribution in [3.8, 4) is 5.75 Å². The molecule has 0 spiro atoms. The summed E-state index contributed by atoms with van der Waals surface area (Å²) in [5, 5.41) is 9.06. The molecule has 0 aliphatic heterocycles. The number of phenolic OH excluding ortho intramolecular Hbond substituents is 1. The Balaban J connectivity index is 2.98. The third kappa shape index (κ3) is 2.95. The lowest BCUT2D eigenvalue weighted by Crippen LogP contribution is -2.02. The largest absolute Gasteiger partial charge is 0.508 e. The lowest BCUT2D eigenvalue weighted by molar-refractivity contribution is -0.136.